The number of pyridine rings is 1. The van der Waals surface area contributed by atoms with E-state index in [1.54, 1.807) is 13.1 Å². The van der Waals surface area contributed by atoms with Gasteiger partial charge in [-0.15, -0.1) is 11.3 Å². The average Bonchev–Trinajstić information content (AvgIpc) is 3.77. The first-order valence-corrected chi connectivity index (χ1v) is 18.0. The molecule has 0 aliphatic carbocycles. The number of anilines is 3. The number of thiophene rings is 1. The molecule has 268 valence electrons. The predicted octanol–water partition coefficient (Wildman–Crippen LogP) is 6.50. The van der Waals surface area contributed by atoms with Gasteiger partial charge in [0.05, 0.1) is 40.0 Å². The topological polar surface area (TPSA) is 161 Å². The molecule has 0 bridgehead atoms. The molecule has 4 N–H and O–H groups in total. The van der Waals surface area contributed by atoms with Crippen molar-refractivity contribution in [2.45, 2.75) is 57.2 Å². The summed E-state index contributed by atoms with van der Waals surface area (Å²) >= 11 is 0.956. The molecule has 3 aliphatic rings. The molecule has 8 rings (SSSR count). The minimum absolute atomic E-state index is 0.0115. The van der Waals surface area contributed by atoms with Gasteiger partial charge >= 0.3 is 6.01 Å². The minimum atomic E-state index is -0.678. The lowest BCUT2D eigenvalue weighted by Crippen LogP contribution is -2.47. The summed E-state index contributed by atoms with van der Waals surface area (Å²) in [6.07, 6.45) is 7.19. The van der Waals surface area contributed by atoms with Crippen LogP contribution in [-0.4, -0.2) is 71.1 Å². The summed E-state index contributed by atoms with van der Waals surface area (Å²) in [5.74, 6) is -0.0410. The molecule has 0 unspecified atom stereocenters. The van der Waals surface area contributed by atoms with Crippen LogP contribution in [0.25, 0.3) is 32.1 Å². The van der Waals surface area contributed by atoms with Gasteiger partial charge in [0.1, 0.15) is 60.1 Å². The average molecular weight is 726 g/mol. The van der Waals surface area contributed by atoms with Crippen molar-refractivity contribution in [2.24, 2.45) is 5.16 Å². The third-order valence-corrected chi connectivity index (χ3v) is 11.9. The number of aromatic nitrogens is 3. The van der Waals surface area contributed by atoms with Crippen LogP contribution in [0.15, 0.2) is 35.6 Å². The Labute approximate surface area is 302 Å². The Bertz CT molecular complexity index is 2310. The zero-order chi connectivity index (χ0) is 36.3. The molecule has 2 aromatic carbocycles. The number of oxime groups is 1. The van der Waals surface area contributed by atoms with Gasteiger partial charge in [0, 0.05) is 34.3 Å². The first-order valence-electron chi connectivity index (χ1n) is 17.2. The molecule has 12 nitrogen and oxygen atoms in total. The Morgan fingerprint density at radius 2 is 2.06 bits per heavy atom. The van der Waals surface area contributed by atoms with Crippen molar-refractivity contribution >= 4 is 55.2 Å². The first-order chi connectivity index (χ1) is 25.2. The summed E-state index contributed by atoms with van der Waals surface area (Å²) in [4.78, 5) is 23.4. The van der Waals surface area contributed by atoms with E-state index in [-0.39, 0.29) is 62.0 Å². The van der Waals surface area contributed by atoms with Gasteiger partial charge < -0.3 is 30.7 Å². The zero-order valence-electron chi connectivity index (χ0n) is 28.9. The maximum absolute atomic E-state index is 17.5. The Balaban J connectivity index is 1.32. The number of nitriles is 1. The fraction of sp³-hybridized carbons (Fsp3) is 0.378. The van der Waals surface area contributed by atoms with E-state index in [1.807, 2.05) is 30.2 Å². The number of rotatable bonds is 8. The van der Waals surface area contributed by atoms with Crippen molar-refractivity contribution in [1.82, 2.24) is 19.9 Å². The van der Waals surface area contributed by atoms with Crippen molar-refractivity contribution in [3.05, 3.63) is 58.8 Å². The van der Waals surface area contributed by atoms with E-state index in [0.717, 1.165) is 49.1 Å². The number of ether oxygens (including phenoxy) is 2. The summed E-state index contributed by atoms with van der Waals surface area (Å²) < 4.78 is 45.7. The van der Waals surface area contributed by atoms with Gasteiger partial charge in [-0.25, -0.2) is 13.8 Å². The highest BCUT2D eigenvalue weighted by molar-refractivity contribution is 7.23. The van der Waals surface area contributed by atoms with Gasteiger partial charge in [-0.3, -0.25) is 4.90 Å². The third-order valence-electron chi connectivity index (χ3n) is 10.8. The van der Waals surface area contributed by atoms with Crippen molar-refractivity contribution in [1.29, 1.82) is 5.26 Å². The molecule has 52 heavy (non-hydrogen) atoms. The second-order valence-electron chi connectivity index (χ2n) is 13.5. The summed E-state index contributed by atoms with van der Waals surface area (Å²) in [6.45, 7) is 5.53. The summed E-state index contributed by atoms with van der Waals surface area (Å²) in [7, 11) is 1.53. The lowest BCUT2D eigenvalue weighted by molar-refractivity contribution is 0.0979. The number of nitrogens with zero attached hydrogens (tertiary/aromatic N) is 7. The van der Waals surface area contributed by atoms with Crippen LogP contribution in [0.3, 0.4) is 0 Å². The van der Waals surface area contributed by atoms with E-state index in [2.05, 4.69) is 21.1 Å². The molecule has 0 saturated carbocycles. The number of fused-ring (bicyclic) bond motifs is 2. The van der Waals surface area contributed by atoms with Crippen LogP contribution >= 0.6 is 11.3 Å². The molecule has 3 atom stereocenters. The first kappa shape index (κ1) is 33.8. The van der Waals surface area contributed by atoms with Crippen molar-refractivity contribution in [3.8, 4) is 29.0 Å². The van der Waals surface area contributed by atoms with E-state index in [0.29, 0.717) is 47.1 Å². The Kier molecular flexibility index (Phi) is 8.46. The van der Waals surface area contributed by atoms with Crippen molar-refractivity contribution in [3.63, 3.8) is 0 Å². The molecular formula is C37H37F2N9O3S. The van der Waals surface area contributed by atoms with Gasteiger partial charge in [-0.05, 0) is 63.8 Å². The van der Waals surface area contributed by atoms with E-state index in [9.17, 15) is 5.26 Å². The molecule has 15 heteroatoms. The number of nitrogen functional groups attached to an aromatic ring is 2. The molecule has 5 aromatic rings. The molecular weight excluding hydrogens is 689 g/mol. The van der Waals surface area contributed by atoms with E-state index in [4.69, 9.17) is 35.7 Å². The van der Waals surface area contributed by atoms with Crippen molar-refractivity contribution in [2.75, 3.05) is 49.8 Å². The fourth-order valence-electron chi connectivity index (χ4n) is 8.37. The van der Waals surface area contributed by atoms with Crippen LogP contribution in [0, 0.1) is 29.9 Å². The van der Waals surface area contributed by atoms with E-state index < -0.39 is 11.6 Å². The molecule has 6 heterocycles. The molecule has 0 radical (unpaired) electrons. The Morgan fingerprint density at radius 1 is 1.21 bits per heavy atom. The molecule has 3 aliphatic heterocycles. The largest absolute Gasteiger partial charge is 0.491 e. The van der Waals surface area contributed by atoms with Crippen LogP contribution in [0.4, 0.5) is 25.4 Å². The van der Waals surface area contributed by atoms with E-state index >= 15 is 8.78 Å². The second kappa shape index (κ2) is 13.0. The van der Waals surface area contributed by atoms with Gasteiger partial charge in [0.15, 0.2) is 5.82 Å². The molecule has 2 saturated heterocycles. The van der Waals surface area contributed by atoms with Gasteiger partial charge in [-0.2, -0.15) is 15.2 Å². The van der Waals surface area contributed by atoms with Gasteiger partial charge in [0.25, 0.3) is 0 Å². The van der Waals surface area contributed by atoms with Crippen LogP contribution in [0.2, 0.25) is 0 Å². The number of hydrogen-bond donors (Lipinski definition) is 2. The highest BCUT2D eigenvalue weighted by atomic mass is 32.1. The summed E-state index contributed by atoms with van der Waals surface area (Å²) in [6, 6.07) is 8.35. The fourth-order valence-corrected chi connectivity index (χ4v) is 9.32. The SMILES string of the molecule is CO/N=C/[C@@H]1CC[C@]2(COc3nc4c5c(c(C)c(-c6ccc(F)c7sc(N)c(C#N)c67)c(F)c5n3)OCCN4[C@H](C)c3cccnc3N)CCCN12. The Hall–Kier alpha value is -5.33. The maximum atomic E-state index is 17.5. The highest BCUT2D eigenvalue weighted by Gasteiger charge is 2.49. The molecule has 0 spiro atoms. The quantitative estimate of drug-likeness (QED) is 0.133. The van der Waals surface area contributed by atoms with Crippen LogP contribution < -0.4 is 25.8 Å². The lowest BCUT2D eigenvalue weighted by atomic mass is 9.92. The monoisotopic (exact) mass is 725 g/mol. The third kappa shape index (κ3) is 5.23. The molecule has 0 amide bonds. The second-order valence-corrected chi connectivity index (χ2v) is 14.5. The number of nitrogens with two attached hydrogens (primary N) is 2. The summed E-state index contributed by atoms with van der Waals surface area (Å²) in [5.41, 5.74) is 14.0. The Morgan fingerprint density at radius 3 is 2.85 bits per heavy atom. The molecule has 3 aromatic heterocycles. The number of halogens is 2. The van der Waals surface area contributed by atoms with Crippen LogP contribution in [0.5, 0.6) is 11.8 Å². The normalized spacial score (nSPS) is 20.6. The van der Waals surface area contributed by atoms with E-state index in [1.165, 1.54) is 19.2 Å². The van der Waals surface area contributed by atoms with Crippen molar-refractivity contribution < 1.29 is 23.1 Å². The van der Waals surface area contributed by atoms with Gasteiger partial charge in [0.2, 0.25) is 0 Å². The van der Waals surface area contributed by atoms with Gasteiger partial charge in [-0.1, -0.05) is 17.3 Å². The smallest absolute Gasteiger partial charge is 0.319 e. The lowest BCUT2D eigenvalue weighted by Gasteiger charge is -2.33. The van der Waals surface area contributed by atoms with Crippen LogP contribution in [0.1, 0.15) is 55.3 Å². The zero-order valence-corrected chi connectivity index (χ0v) is 29.8. The summed E-state index contributed by atoms with van der Waals surface area (Å²) in [5, 5.41) is 14.8. The molecule has 2 fully saturated rings. The minimum Gasteiger partial charge on any atom is -0.491 e. The highest BCUT2D eigenvalue weighted by Crippen LogP contribution is 2.50. The van der Waals surface area contributed by atoms with Crippen LogP contribution in [-0.2, 0) is 4.84 Å². The number of hydrogen-bond acceptors (Lipinski definition) is 13. The maximum Gasteiger partial charge on any atom is 0.319 e. The standard InChI is InChI=1S/C37H37F2N9O3S/c1-19-26(23-7-8-25(38)32-27(23)24(16-40)34(42)52-32)29(39)30-28-31(19)50-15-14-47(20(2)22-6-4-12-43-33(22)41)35(28)46-36(45-30)51-18-37-10-5-13-48(37)21(9-11-37)17-44-49-3/h4,6-8,12,17,20-21H,5,9-11,13-15,18,42H2,1-3H3,(H2,41,43)/b44-17+/t20-,21+,37+/m1/s1. The number of benzene rings is 2. The predicted molar refractivity (Wildman–Crippen MR) is 197 cm³/mol.